The van der Waals surface area contributed by atoms with E-state index in [-0.39, 0.29) is 6.92 Å². The highest BCUT2D eigenvalue weighted by atomic mass is 35.5. The smallest absolute Gasteiger partial charge is 0.166 e. The predicted octanol–water partition coefficient (Wildman–Crippen LogP) is 3.62. The average molecular weight is 213 g/mol. The normalized spacial score (nSPS) is 16.0. The van der Waals surface area contributed by atoms with Crippen LogP contribution in [-0.4, -0.2) is 12.4 Å². The fraction of sp³-hybridized carbons (Fsp3) is 0.600. The molecule has 0 aromatic carbocycles. The van der Waals surface area contributed by atoms with Gasteiger partial charge in [-0.25, -0.2) is 0 Å². The van der Waals surface area contributed by atoms with E-state index in [1.807, 2.05) is 0 Å². The molecule has 0 aromatic rings. The molecule has 0 rings (SSSR count). The molecule has 0 aromatic heterocycles. The van der Waals surface area contributed by atoms with Gasteiger partial charge in [0.15, 0.2) is 0 Å². The number of rotatable bonds is 0. The second kappa shape index (κ2) is 3.16. The van der Waals surface area contributed by atoms with Crippen LogP contribution in [0.25, 0.3) is 0 Å². The minimum Gasteiger partial charge on any atom is -0.166 e. The van der Waals surface area contributed by atoms with Gasteiger partial charge in [0.1, 0.15) is 5.03 Å². The zero-order chi connectivity index (χ0) is 10.2. The molecular formula is C5H3ClF6. The summed E-state index contributed by atoms with van der Waals surface area (Å²) in [5, 5.41) is -2.13. The van der Waals surface area contributed by atoms with Crippen LogP contribution in [-0.2, 0) is 0 Å². The van der Waals surface area contributed by atoms with Crippen molar-refractivity contribution in [3.8, 4) is 0 Å². The highest BCUT2D eigenvalue weighted by Gasteiger charge is 2.42. The Hall–Kier alpha value is -0.390. The van der Waals surface area contributed by atoms with Gasteiger partial charge in [0, 0.05) is 0 Å². The van der Waals surface area contributed by atoms with Crippen molar-refractivity contribution in [3.63, 3.8) is 0 Å². The Kier molecular flexibility index (Phi) is 3.06. The van der Waals surface area contributed by atoms with E-state index in [0.717, 1.165) is 0 Å². The van der Waals surface area contributed by atoms with Gasteiger partial charge in [0.25, 0.3) is 0 Å². The van der Waals surface area contributed by atoms with Crippen molar-refractivity contribution in [3.05, 3.63) is 10.6 Å². The molecule has 0 aliphatic heterocycles. The lowest BCUT2D eigenvalue weighted by atomic mass is 10.2. The number of hydrogen-bond acceptors (Lipinski definition) is 0. The number of halogens is 7. The third-order valence-electron chi connectivity index (χ3n) is 1.00. The van der Waals surface area contributed by atoms with E-state index in [4.69, 9.17) is 0 Å². The molecule has 0 bridgehead atoms. The maximum atomic E-state index is 11.6. The van der Waals surface area contributed by atoms with Crippen LogP contribution >= 0.6 is 11.6 Å². The van der Waals surface area contributed by atoms with Crippen molar-refractivity contribution in [2.45, 2.75) is 19.3 Å². The van der Waals surface area contributed by atoms with E-state index in [9.17, 15) is 26.3 Å². The number of allylic oxidation sites excluding steroid dienone is 2. The van der Waals surface area contributed by atoms with E-state index < -0.39 is 23.0 Å². The van der Waals surface area contributed by atoms with Crippen molar-refractivity contribution in [1.82, 2.24) is 0 Å². The summed E-state index contributed by atoms with van der Waals surface area (Å²) in [6, 6.07) is 0. The van der Waals surface area contributed by atoms with Crippen LogP contribution in [0.1, 0.15) is 6.92 Å². The average Bonchev–Trinajstić information content (AvgIpc) is 1.80. The molecule has 0 N–H and O–H groups in total. The van der Waals surface area contributed by atoms with Gasteiger partial charge in [-0.1, -0.05) is 11.6 Å². The van der Waals surface area contributed by atoms with Crippen LogP contribution in [0.3, 0.4) is 0 Å². The summed E-state index contributed by atoms with van der Waals surface area (Å²) >= 11 is 4.43. The summed E-state index contributed by atoms with van der Waals surface area (Å²) in [5.41, 5.74) is -1.84. The standard InChI is InChI=1S/C5H3ClF6/c1-2(4(7,8)9)3(6)5(10,11)12/h1H3/b3-2+. The topological polar surface area (TPSA) is 0 Å². The van der Waals surface area contributed by atoms with Crippen LogP contribution in [0.2, 0.25) is 0 Å². The van der Waals surface area contributed by atoms with Crippen molar-refractivity contribution in [2.24, 2.45) is 0 Å². The molecule has 0 atom stereocenters. The zero-order valence-corrected chi connectivity index (χ0v) is 6.40. The molecule has 0 saturated heterocycles. The first-order valence-corrected chi connectivity index (χ1v) is 2.95. The van der Waals surface area contributed by atoms with Gasteiger partial charge in [0.05, 0.1) is 5.57 Å². The molecular weight excluding hydrogens is 209 g/mol. The summed E-state index contributed by atoms with van der Waals surface area (Å²) in [5.74, 6) is 0. The maximum absolute atomic E-state index is 11.6. The molecule has 0 amide bonds. The Morgan fingerprint density at radius 3 is 1.33 bits per heavy atom. The van der Waals surface area contributed by atoms with Crippen molar-refractivity contribution < 1.29 is 26.3 Å². The second-order valence-corrected chi connectivity index (χ2v) is 2.31. The second-order valence-electron chi connectivity index (χ2n) is 1.93. The lowest BCUT2D eigenvalue weighted by Crippen LogP contribution is -2.17. The van der Waals surface area contributed by atoms with Crippen molar-refractivity contribution in [2.75, 3.05) is 0 Å². The third kappa shape index (κ3) is 2.92. The summed E-state index contributed by atoms with van der Waals surface area (Å²) in [7, 11) is 0. The van der Waals surface area contributed by atoms with Gasteiger partial charge in [-0.3, -0.25) is 0 Å². The van der Waals surface area contributed by atoms with E-state index >= 15 is 0 Å². The first-order chi connectivity index (χ1) is 5.07. The fourth-order valence-electron chi connectivity index (χ4n) is 0.337. The molecule has 0 fully saturated rings. The molecule has 72 valence electrons. The lowest BCUT2D eigenvalue weighted by molar-refractivity contribution is -0.110. The highest BCUT2D eigenvalue weighted by molar-refractivity contribution is 6.30. The molecule has 0 spiro atoms. The summed E-state index contributed by atoms with van der Waals surface area (Å²) in [4.78, 5) is 0. The van der Waals surface area contributed by atoms with Crippen LogP contribution in [0.4, 0.5) is 26.3 Å². The number of hydrogen-bond donors (Lipinski definition) is 0. The van der Waals surface area contributed by atoms with Crippen LogP contribution < -0.4 is 0 Å². The molecule has 7 heteroatoms. The van der Waals surface area contributed by atoms with Crippen molar-refractivity contribution in [1.29, 1.82) is 0 Å². The Morgan fingerprint density at radius 1 is 0.917 bits per heavy atom. The molecule has 12 heavy (non-hydrogen) atoms. The predicted molar refractivity (Wildman–Crippen MR) is 30.7 cm³/mol. The zero-order valence-electron chi connectivity index (χ0n) is 5.65. The van der Waals surface area contributed by atoms with Gasteiger partial charge in [-0.2, -0.15) is 26.3 Å². The lowest BCUT2D eigenvalue weighted by Gasteiger charge is -2.11. The summed E-state index contributed by atoms with van der Waals surface area (Å²) in [6.45, 7) is 0.274. The van der Waals surface area contributed by atoms with Crippen LogP contribution in [0, 0.1) is 0 Å². The molecule has 0 aliphatic rings. The third-order valence-corrected chi connectivity index (χ3v) is 1.50. The van der Waals surface area contributed by atoms with Crippen LogP contribution in [0.15, 0.2) is 10.6 Å². The van der Waals surface area contributed by atoms with Gasteiger partial charge < -0.3 is 0 Å². The fourth-order valence-corrected chi connectivity index (χ4v) is 0.444. The minimum atomic E-state index is -5.14. The molecule has 0 nitrogen and oxygen atoms in total. The molecule has 0 aliphatic carbocycles. The monoisotopic (exact) mass is 212 g/mol. The van der Waals surface area contributed by atoms with E-state index in [1.165, 1.54) is 0 Å². The van der Waals surface area contributed by atoms with Crippen LogP contribution in [0.5, 0.6) is 0 Å². The quantitative estimate of drug-likeness (QED) is 0.538. The molecule has 0 radical (unpaired) electrons. The molecule has 0 heterocycles. The summed E-state index contributed by atoms with van der Waals surface area (Å²) in [6.07, 6.45) is -10.2. The minimum absolute atomic E-state index is 0.274. The Balaban J connectivity index is 4.96. The van der Waals surface area contributed by atoms with E-state index in [2.05, 4.69) is 11.6 Å². The Morgan fingerprint density at radius 2 is 1.25 bits per heavy atom. The van der Waals surface area contributed by atoms with Gasteiger partial charge in [-0.05, 0) is 6.92 Å². The SMILES string of the molecule is C/C(=C(\Cl)C(F)(F)F)C(F)(F)F. The largest absolute Gasteiger partial charge is 0.427 e. The summed E-state index contributed by atoms with van der Waals surface area (Å²) < 4.78 is 69.4. The highest BCUT2D eigenvalue weighted by Crippen LogP contribution is 2.37. The molecule has 0 unspecified atom stereocenters. The van der Waals surface area contributed by atoms with Crippen molar-refractivity contribution >= 4 is 11.6 Å². The van der Waals surface area contributed by atoms with E-state index in [0.29, 0.717) is 0 Å². The van der Waals surface area contributed by atoms with E-state index in [1.54, 1.807) is 0 Å². The Bertz CT molecular complexity index is 175. The van der Waals surface area contributed by atoms with Gasteiger partial charge >= 0.3 is 12.4 Å². The first kappa shape index (κ1) is 11.6. The Labute approximate surface area is 68.8 Å². The van der Waals surface area contributed by atoms with Gasteiger partial charge in [0.2, 0.25) is 0 Å². The maximum Gasteiger partial charge on any atom is 0.427 e. The molecule has 0 saturated carbocycles. The first-order valence-electron chi connectivity index (χ1n) is 2.57. The number of alkyl halides is 6. The van der Waals surface area contributed by atoms with Gasteiger partial charge in [-0.15, -0.1) is 0 Å².